The van der Waals surface area contributed by atoms with Crippen LogP contribution in [0.4, 0.5) is 0 Å². The smallest absolute Gasteiger partial charge is 0.243 e. The highest BCUT2D eigenvalue weighted by Gasteiger charge is 2.32. The second-order valence-electron chi connectivity index (χ2n) is 6.06. The van der Waals surface area contributed by atoms with Gasteiger partial charge in [0.25, 0.3) is 0 Å². The fourth-order valence-corrected chi connectivity index (χ4v) is 5.02. The number of hydrogen-bond acceptors (Lipinski definition) is 4. The zero-order valence-corrected chi connectivity index (χ0v) is 16.7. The van der Waals surface area contributed by atoms with Crippen LogP contribution in [0.2, 0.25) is 10.0 Å². The van der Waals surface area contributed by atoms with Gasteiger partial charge >= 0.3 is 0 Å². The minimum atomic E-state index is -3.64. The van der Waals surface area contributed by atoms with Gasteiger partial charge in [-0.1, -0.05) is 23.2 Å². The Bertz CT molecular complexity index is 897. The number of halogens is 2. The van der Waals surface area contributed by atoms with Gasteiger partial charge < -0.3 is 9.47 Å². The maximum absolute atomic E-state index is 13.0. The molecule has 26 heavy (non-hydrogen) atoms. The lowest BCUT2D eigenvalue weighted by Gasteiger charge is -2.32. The van der Waals surface area contributed by atoms with Crippen LogP contribution < -0.4 is 4.74 Å². The Morgan fingerprint density at radius 3 is 2.46 bits per heavy atom. The molecular weight excluding hydrogens is 397 g/mol. The lowest BCUT2D eigenvalue weighted by Crippen LogP contribution is -2.42. The van der Waals surface area contributed by atoms with Crippen molar-refractivity contribution in [3.8, 4) is 5.75 Å². The van der Waals surface area contributed by atoms with Crippen LogP contribution in [0.5, 0.6) is 5.75 Å². The van der Waals surface area contributed by atoms with E-state index in [1.807, 2.05) is 6.92 Å². The zero-order valence-electron chi connectivity index (χ0n) is 14.4. The molecule has 0 radical (unpaired) electrons. The molecule has 0 saturated carbocycles. The van der Waals surface area contributed by atoms with Crippen molar-refractivity contribution < 1.29 is 17.9 Å². The summed E-state index contributed by atoms with van der Waals surface area (Å²) in [4.78, 5) is 0.237. The van der Waals surface area contributed by atoms with E-state index in [9.17, 15) is 8.42 Å². The van der Waals surface area contributed by atoms with Crippen molar-refractivity contribution in [3.05, 3.63) is 57.6 Å². The van der Waals surface area contributed by atoms with E-state index in [0.717, 1.165) is 11.1 Å². The van der Waals surface area contributed by atoms with Crippen LogP contribution in [0, 0.1) is 6.92 Å². The van der Waals surface area contributed by atoms with Gasteiger partial charge in [-0.05, 0) is 54.4 Å². The zero-order chi connectivity index (χ0) is 18.9. The molecule has 1 atom stereocenters. The quantitative estimate of drug-likeness (QED) is 0.754. The van der Waals surface area contributed by atoms with Gasteiger partial charge in [0, 0.05) is 23.1 Å². The molecule has 1 heterocycles. The first kappa shape index (κ1) is 19.5. The van der Waals surface area contributed by atoms with E-state index in [0.29, 0.717) is 22.4 Å². The molecule has 0 amide bonds. The van der Waals surface area contributed by atoms with Crippen LogP contribution in [0.3, 0.4) is 0 Å². The summed E-state index contributed by atoms with van der Waals surface area (Å²) in [6.45, 7) is 2.60. The molecule has 1 aliphatic rings. The third-order valence-electron chi connectivity index (χ3n) is 4.29. The molecule has 0 aromatic heterocycles. The number of methoxy groups -OCH3 is 1. The summed E-state index contributed by atoms with van der Waals surface area (Å²) in [6, 6.07) is 9.95. The highest BCUT2D eigenvalue weighted by molar-refractivity contribution is 7.89. The van der Waals surface area contributed by atoms with Crippen molar-refractivity contribution in [1.29, 1.82) is 0 Å². The largest absolute Gasteiger partial charge is 0.496 e. The first-order valence-corrected chi connectivity index (χ1v) is 10.2. The van der Waals surface area contributed by atoms with Crippen molar-refractivity contribution in [2.45, 2.75) is 17.9 Å². The van der Waals surface area contributed by atoms with Crippen molar-refractivity contribution in [1.82, 2.24) is 4.31 Å². The van der Waals surface area contributed by atoms with E-state index < -0.39 is 16.1 Å². The normalized spacial score (nSPS) is 18.7. The third-order valence-corrected chi connectivity index (χ3v) is 6.59. The molecule has 3 rings (SSSR count). The predicted octanol–water partition coefficient (Wildman–Crippen LogP) is 4.07. The number of hydrogen-bond donors (Lipinski definition) is 0. The maximum Gasteiger partial charge on any atom is 0.243 e. The number of benzene rings is 2. The summed E-state index contributed by atoms with van der Waals surface area (Å²) < 4.78 is 38.4. The van der Waals surface area contributed by atoms with Crippen molar-refractivity contribution in [3.63, 3.8) is 0 Å². The molecule has 140 valence electrons. The lowest BCUT2D eigenvalue weighted by molar-refractivity contribution is -0.00254. The molecule has 1 saturated heterocycles. The van der Waals surface area contributed by atoms with Crippen molar-refractivity contribution in [2.75, 3.05) is 26.8 Å². The Hall–Kier alpha value is -1.31. The number of rotatable bonds is 4. The first-order chi connectivity index (χ1) is 12.3. The van der Waals surface area contributed by atoms with E-state index in [-0.39, 0.29) is 18.0 Å². The highest BCUT2D eigenvalue weighted by Crippen LogP contribution is 2.31. The van der Waals surface area contributed by atoms with Gasteiger partial charge in [0.2, 0.25) is 10.0 Å². The number of sulfonamides is 1. The Kier molecular flexibility index (Phi) is 5.79. The molecule has 0 N–H and O–H groups in total. The summed E-state index contributed by atoms with van der Waals surface area (Å²) in [5, 5.41) is 0.976. The Morgan fingerprint density at radius 1 is 1.15 bits per heavy atom. The van der Waals surface area contributed by atoms with E-state index in [2.05, 4.69) is 0 Å². The van der Waals surface area contributed by atoms with Crippen LogP contribution in [0.25, 0.3) is 0 Å². The molecule has 5 nitrogen and oxygen atoms in total. The van der Waals surface area contributed by atoms with Gasteiger partial charge in [-0.15, -0.1) is 0 Å². The van der Waals surface area contributed by atoms with Crippen LogP contribution in [0.15, 0.2) is 41.3 Å². The number of aryl methyl sites for hydroxylation is 1. The Balaban J connectivity index is 1.87. The molecular formula is C18H19Cl2NO4S. The summed E-state index contributed by atoms with van der Waals surface area (Å²) in [6.07, 6.45) is -0.422. The van der Waals surface area contributed by atoms with Crippen molar-refractivity contribution >= 4 is 33.2 Å². The van der Waals surface area contributed by atoms with Crippen LogP contribution in [0.1, 0.15) is 17.2 Å². The Labute approximate surface area is 163 Å². The molecule has 2 aromatic carbocycles. The summed E-state index contributed by atoms with van der Waals surface area (Å²) in [5.74, 6) is 0.650. The minimum absolute atomic E-state index is 0.198. The maximum atomic E-state index is 13.0. The molecule has 1 fully saturated rings. The van der Waals surface area contributed by atoms with E-state index in [1.165, 1.54) is 4.31 Å². The molecule has 8 heteroatoms. The summed E-state index contributed by atoms with van der Waals surface area (Å²) in [5.41, 5.74) is 1.52. The van der Waals surface area contributed by atoms with Crippen molar-refractivity contribution in [2.24, 2.45) is 0 Å². The lowest BCUT2D eigenvalue weighted by atomic mass is 10.1. The fraction of sp³-hybridized carbons (Fsp3) is 0.333. The third kappa shape index (κ3) is 4.00. The summed E-state index contributed by atoms with van der Waals surface area (Å²) >= 11 is 12.1. The van der Waals surface area contributed by atoms with Gasteiger partial charge in [-0.25, -0.2) is 8.42 Å². The van der Waals surface area contributed by atoms with Gasteiger partial charge in [0.15, 0.2) is 0 Å². The van der Waals surface area contributed by atoms with E-state index in [4.69, 9.17) is 32.7 Å². The predicted molar refractivity (Wildman–Crippen MR) is 102 cm³/mol. The average Bonchev–Trinajstić information content (AvgIpc) is 2.61. The standard InChI is InChI=1S/C18H19Cl2NO4S/c1-12-7-16(3-4-17(12)24-2)26(22,23)21-5-6-25-18(11-21)13-8-14(19)10-15(20)9-13/h3-4,7-10,18H,5-6,11H2,1-2H3. The number of ether oxygens (including phenoxy) is 2. The minimum Gasteiger partial charge on any atom is -0.496 e. The van der Waals surface area contributed by atoms with Crippen LogP contribution in [-0.4, -0.2) is 39.5 Å². The van der Waals surface area contributed by atoms with Crippen LogP contribution in [-0.2, 0) is 14.8 Å². The molecule has 0 aliphatic carbocycles. The van der Waals surface area contributed by atoms with Gasteiger partial charge in [0.05, 0.1) is 24.7 Å². The number of morpholine rings is 1. The van der Waals surface area contributed by atoms with Crippen LogP contribution >= 0.6 is 23.2 Å². The molecule has 1 unspecified atom stereocenters. The average molecular weight is 416 g/mol. The number of nitrogens with zero attached hydrogens (tertiary/aromatic N) is 1. The van der Waals surface area contributed by atoms with E-state index in [1.54, 1.807) is 43.5 Å². The molecule has 0 bridgehead atoms. The molecule has 1 aliphatic heterocycles. The first-order valence-electron chi connectivity index (χ1n) is 8.03. The van der Waals surface area contributed by atoms with E-state index >= 15 is 0 Å². The molecule has 0 spiro atoms. The second-order valence-corrected chi connectivity index (χ2v) is 8.87. The highest BCUT2D eigenvalue weighted by atomic mass is 35.5. The van der Waals surface area contributed by atoms with Gasteiger partial charge in [0.1, 0.15) is 5.75 Å². The monoisotopic (exact) mass is 415 g/mol. The summed E-state index contributed by atoms with van der Waals surface area (Å²) in [7, 11) is -2.08. The SMILES string of the molecule is COc1ccc(S(=O)(=O)N2CCOC(c3cc(Cl)cc(Cl)c3)C2)cc1C. The second kappa shape index (κ2) is 7.74. The molecule has 2 aromatic rings. The fourth-order valence-electron chi connectivity index (χ4n) is 2.97. The van der Waals surface area contributed by atoms with Gasteiger partial charge in [-0.3, -0.25) is 0 Å². The Morgan fingerprint density at radius 2 is 1.85 bits per heavy atom. The topological polar surface area (TPSA) is 55.8 Å². The van der Waals surface area contributed by atoms with Gasteiger partial charge in [-0.2, -0.15) is 4.31 Å².